The van der Waals surface area contributed by atoms with E-state index in [4.69, 9.17) is 0 Å². The molecule has 0 amide bonds. The van der Waals surface area contributed by atoms with Crippen molar-refractivity contribution >= 4 is 10.0 Å². The lowest BCUT2D eigenvalue weighted by molar-refractivity contribution is 0.509. The Morgan fingerprint density at radius 2 is 1.48 bits per heavy atom. The fraction of sp³-hybridized carbons (Fsp3) is 0.647. The van der Waals surface area contributed by atoms with Gasteiger partial charge in [0.2, 0.25) is 10.0 Å². The summed E-state index contributed by atoms with van der Waals surface area (Å²) in [5, 5.41) is 0. The Hall–Kier alpha value is -0.870. The summed E-state index contributed by atoms with van der Waals surface area (Å²) in [4.78, 5) is 0.375. The van der Waals surface area contributed by atoms with E-state index < -0.39 is 10.0 Å². The van der Waals surface area contributed by atoms with Crippen molar-refractivity contribution in [2.45, 2.75) is 75.6 Å². The molecule has 0 spiro atoms. The highest BCUT2D eigenvalue weighted by Crippen LogP contribution is 2.24. The molecule has 0 aliphatic heterocycles. The minimum atomic E-state index is -3.39. The van der Waals surface area contributed by atoms with Crippen molar-refractivity contribution in [1.29, 1.82) is 0 Å². The molecular weight excluding hydrogens is 282 g/mol. The van der Waals surface area contributed by atoms with E-state index in [1.807, 2.05) is 12.1 Å². The van der Waals surface area contributed by atoms with Crippen LogP contribution in [-0.4, -0.2) is 14.5 Å². The first-order valence-corrected chi connectivity index (χ1v) is 9.40. The SMILES string of the molecule is CC(C)(C)c1ccc(S(=O)(=O)NC2CCCCCC2)cc1. The van der Waals surface area contributed by atoms with E-state index in [1.54, 1.807) is 12.1 Å². The van der Waals surface area contributed by atoms with E-state index in [0.29, 0.717) is 4.90 Å². The third kappa shape index (κ3) is 4.55. The maximum atomic E-state index is 12.5. The molecule has 0 aromatic heterocycles. The third-order valence-electron chi connectivity index (χ3n) is 4.21. The zero-order valence-electron chi connectivity index (χ0n) is 13.4. The maximum absolute atomic E-state index is 12.5. The molecule has 0 atom stereocenters. The highest BCUT2D eigenvalue weighted by molar-refractivity contribution is 7.89. The fourth-order valence-corrected chi connectivity index (χ4v) is 4.12. The lowest BCUT2D eigenvalue weighted by Crippen LogP contribution is -2.34. The van der Waals surface area contributed by atoms with E-state index in [9.17, 15) is 8.42 Å². The molecule has 0 radical (unpaired) electrons. The number of benzene rings is 1. The first kappa shape index (κ1) is 16.5. The first-order valence-electron chi connectivity index (χ1n) is 7.92. The molecule has 118 valence electrons. The van der Waals surface area contributed by atoms with Crippen molar-refractivity contribution in [3.05, 3.63) is 29.8 Å². The molecule has 21 heavy (non-hydrogen) atoms. The molecule has 0 bridgehead atoms. The normalized spacial score (nSPS) is 18.4. The van der Waals surface area contributed by atoms with Crippen molar-refractivity contribution in [3.63, 3.8) is 0 Å². The largest absolute Gasteiger partial charge is 0.240 e. The van der Waals surface area contributed by atoms with Gasteiger partial charge < -0.3 is 0 Å². The second-order valence-electron chi connectivity index (χ2n) is 7.08. The van der Waals surface area contributed by atoms with Crippen LogP contribution in [0.25, 0.3) is 0 Å². The summed E-state index contributed by atoms with van der Waals surface area (Å²) in [5.74, 6) is 0. The molecule has 0 unspecified atom stereocenters. The molecule has 1 fully saturated rings. The Bertz CT molecular complexity index is 547. The van der Waals surface area contributed by atoms with Crippen LogP contribution in [-0.2, 0) is 15.4 Å². The van der Waals surface area contributed by atoms with E-state index in [0.717, 1.165) is 31.2 Å². The standard InChI is InChI=1S/C17H27NO2S/c1-17(2,3)14-10-12-16(13-11-14)21(19,20)18-15-8-6-4-5-7-9-15/h10-13,15,18H,4-9H2,1-3H3. The smallest absolute Gasteiger partial charge is 0.208 e. The molecule has 2 rings (SSSR count). The Morgan fingerprint density at radius 1 is 0.952 bits per heavy atom. The molecule has 3 nitrogen and oxygen atoms in total. The Balaban J connectivity index is 2.11. The Kier molecular flexibility index (Phi) is 5.10. The lowest BCUT2D eigenvalue weighted by Gasteiger charge is -2.20. The molecule has 1 aliphatic carbocycles. The molecule has 1 aliphatic rings. The predicted octanol–water partition coefficient (Wildman–Crippen LogP) is 3.99. The first-order chi connectivity index (χ1) is 9.79. The van der Waals surface area contributed by atoms with E-state index in [-0.39, 0.29) is 11.5 Å². The van der Waals surface area contributed by atoms with Gasteiger partial charge >= 0.3 is 0 Å². The van der Waals surface area contributed by atoms with Gasteiger partial charge in [-0.05, 0) is 36.0 Å². The van der Waals surface area contributed by atoms with Crippen LogP contribution >= 0.6 is 0 Å². The molecule has 1 aromatic rings. The summed E-state index contributed by atoms with van der Waals surface area (Å²) >= 11 is 0. The molecule has 1 N–H and O–H groups in total. The van der Waals surface area contributed by atoms with E-state index in [1.165, 1.54) is 12.8 Å². The van der Waals surface area contributed by atoms with Gasteiger partial charge in [0.15, 0.2) is 0 Å². The zero-order chi connectivity index (χ0) is 15.5. The minimum absolute atomic E-state index is 0.0387. The van der Waals surface area contributed by atoms with Crippen molar-refractivity contribution < 1.29 is 8.42 Å². The lowest BCUT2D eigenvalue weighted by atomic mass is 9.87. The third-order valence-corrected chi connectivity index (χ3v) is 5.74. The Labute approximate surface area is 129 Å². The number of sulfonamides is 1. The molecule has 4 heteroatoms. The minimum Gasteiger partial charge on any atom is -0.208 e. The number of hydrogen-bond acceptors (Lipinski definition) is 2. The van der Waals surface area contributed by atoms with Crippen LogP contribution in [0.15, 0.2) is 29.2 Å². The second kappa shape index (κ2) is 6.49. The maximum Gasteiger partial charge on any atom is 0.240 e. The quantitative estimate of drug-likeness (QED) is 0.858. The van der Waals surface area contributed by atoms with Crippen LogP contribution in [0.3, 0.4) is 0 Å². The summed E-state index contributed by atoms with van der Waals surface area (Å²) in [5.41, 5.74) is 1.19. The molecular formula is C17H27NO2S. The van der Waals surface area contributed by atoms with Gasteiger partial charge in [-0.25, -0.2) is 13.1 Å². The van der Waals surface area contributed by atoms with Crippen molar-refractivity contribution in [2.75, 3.05) is 0 Å². The van der Waals surface area contributed by atoms with Gasteiger partial charge in [0.25, 0.3) is 0 Å². The summed E-state index contributed by atoms with van der Waals surface area (Å²) in [6.07, 6.45) is 6.60. The molecule has 0 heterocycles. The van der Waals surface area contributed by atoms with Gasteiger partial charge in [-0.2, -0.15) is 0 Å². The average molecular weight is 309 g/mol. The monoisotopic (exact) mass is 309 g/mol. The van der Waals surface area contributed by atoms with Gasteiger partial charge in [0.1, 0.15) is 0 Å². The van der Waals surface area contributed by atoms with Crippen LogP contribution in [0.4, 0.5) is 0 Å². The average Bonchev–Trinajstić information content (AvgIpc) is 2.66. The van der Waals surface area contributed by atoms with Gasteiger partial charge in [0.05, 0.1) is 4.90 Å². The number of hydrogen-bond donors (Lipinski definition) is 1. The van der Waals surface area contributed by atoms with Crippen LogP contribution in [0, 0.1) is 0 Å². The molecule has 1 aromatic carbocycles. The fourth-order valence-electron chi connectivity index (χ4n) is 2.82. The molecule has 0 saturated heterocycles. The Morgan fingerprint density at radius 3 is 1.95 bits per heavy atom. The highest BCUT2D eigenvalue weighted by atomic mass is 32.2. The zero-order valence-corrected chi connectivity index (χ0v) is 14.2. The van der Waals surface area contributed by atoms with Crippen molar-refractivity contribution in [2.24, 2.45) is 0 Å². The second-order valence-corrected chi connectivity index (χ2v) is 8.80. The van der Waals surface area contributed by atoms with Crippen molar-refractivity contribution in [1.82, 2.24) is 4.72 Å². The predicted molar refractivity (Wildman–Crippen MR) is 87.0 cm³/mol. The van der Waals surface area contributed by atoms with Gasteiger partial charge in [-0.15, -0.1) is 0 Å². The van der Waals surface area contributed by atoms with Crippen LogP contribution in [0.1, 0.15) is 64.9 Å². The number of rotatable bonds is 3. The van der Waals surface area contributed by atoms with Crippen LogP contribution < -0.4 is 4.72 Å². The number of nitrogens with one attached hydrogen (secondary N) is 1. The van der Waals surface area contributed by atoms with Gasteiger partial charge in [-0.1, -0.05) is 58.6 Å². The van der Waals surface area contributed by atoms with E-state index in [2.05, 4.69) is 25.5 Å². The highest BCUT2D eigenvalue weighted by Gasteiger charge is 2.22. The van der Waals surface area contributed by atoms with Gasteiger partial charge in [-0.3, -0.25) is 0 Å². The summed E-state index contributed by atoms with van der Waals surface area (Å²) in [6.45, 7) is 6.38. The summed E-state index contributed by atoms with van der Waals surface area (Å²) in [7, 11) is -3.39. The van der Waals surface area contributed by atoms with Crippen LogP contribution in [0.5, 0.6) is 0 Å². The van der Waals surface area contributed by atoms with Gasteiger partial charge in [0, 0.05) is 6.04 Å². The topological polar surface area (TPSA) is 46.2 Å². The van der Waals surface area contributed by atoms with Crippen LogP contribution in [0.2, 0.25) is 0 Å². The molecule has 1 saturated carbocycles. The van der Waals surface area contributed by atoms with E-state index >= 15 is 0 Å². The van der Waals surface area contributed by atoms with Crippen molar-refractivity contribution in [3.8, 4) is 0 Å². The summed E-state index contributed by atoms with van der Waals surface area (Å²) in [6, 6.07) is 7.38. The summed E-state index contributed by atoms with van der Waals surface area (Å²) < 4.78 is 27.8.